The first-order valence-electron chi connectivity index (χ1n) is 9.34. The Kier molecular flexibility index (Phi) is 8.58. The van der Waals surface area contributed by atoms with E-state index in [0.29, 0.717) is 31.3 Å². The molecule has 166 valence electrons. The van der Waals surface area contributed by atoms with Gasteiger partial charge >= 0.3 is 0 Å². The molecule has 11 nitrogen and oxygen atoms in total. The van der Waals surface area contributed by atoms with E-state index >= 15 is 0 Å². The third-order valence-corrected chi connectivity index (χ3v) is 4.09. The number of anilines is 1. The largest absolute Gasteiger partial charge is 0.493 e. The molecule has 0 saturated carbocycles. The molecule has 0 aliphatic rings. The molecule has 0 fully saturated rings. The number of nitro benzene ring substituents is 1. The van der Waals surface area contributed by atoms with Gasteiger partial charge in [-0.3, -0.25) is 30.6 Å². The molecule has 2 aromatic rings. The molecule has 0 heterocycles. The lowest BCUT2D eigenvalue weighted by Crippen LogP contribution is -2.41. The first-order valence-corrected chi connectivity index (χ1v) is 9.34. The molecule has 0 spiro atoms. The summed E-state index contributed by atoms with van der Waals surface area (Å²) in [7, 11) is 2.96. The monoisotopic (exact) mass is 432 g/mol. The van der Waals surface area contributed by atoms with E-state index in [2.05, 4.69) is 16.2 Å². The summed E-state index contributed by atoms with van der Waals surface area (Å²) in [6, 6.07) is 8.51. The maximum absolute atomic E-state index is 12.4. The molecule has 31 heavy (non-hydrogen) atoms. The second-order valence-corrected chi connectivity index (χ2v) is 6.12. The quantitative estimate of drug-likeness (QED) is 0.295. The predicted molar refractivity (Wildman–Crippen MR) is 113 cm³/mol. The molecule has 2 rings (SSSR count). The molecule has 0 radical (unpaired) electrons. The number of carbonyl (C=O) groups is 2. The summed E-state index contributed by atoms with van der Waals surface area (Å²) in [6.45, 7) is 2.99. The highest BCUT2D eigenvalue weighted by atomic mass is 16.6. The number of nitrogens with zero attached hydrogens (tertiary/aromatic N) is 1. The van der Waals surface area contributed by atoms with Gasteiger partial charge in [-0.2, -0.15) is 0 Å². The van der Waals surface area contributed by atoms with Crippen molar-refractivity contribution >= 4 is 23.2 Å². The minimum atomic E-state index is -0.710. The van der Waals surface area contributed by atoms with Crippen LogP contribution in [-0.2, 0) is 4.74 Å². The van der Waals surface area contributed by atoms with Crippen molar-refractivity contribution < 1.29 is 28.7 Å². The zero-order chi connectivity index (χ0) is 22.8. The average Bonchev–Trinajstić information content (AvgIpc) is 2.77. The van der Waals surface area contributed by atoms with Crippen molar-refractivity contribution in [1.29, 1.82) is 0 Å². The molecule has 0 aromatic heterocycles. The fourth-order valence-electron chi connectivity index (χ4n) is 2.60. The number of nitro groups is 1. The molecule has 0 bridgehead atoms. The van der Waals surface area contributed by atoms with E-state index in [9.17, 15) is 19.7 Å². The third-order valence-electron chi connectivity index (χ3n) is 4.09. The first kappa shape index (κ1) is 23.4. The summed E-state index contributed by atoms with van der Waals surface area (Å²) in [4.78, 5) is 35.4. The number of benzene rings is 2. The van der Waals surface area contributed by atoms with Gasteiger partial charge in [-0.15, -0.1) is 0 Å². The summed E-state index contributed by atoms with van der Waals surface area (Å²) in [5.74, 6) is -0.454. The highest BCUT2D eigenvalue weighted by Gasteiger charge is 2.18. The standard InChI is InChI=1S/C20H24N4O7/c1-4-31-17-8-6-14(12-18(17)30-3)20(26)23-22-19(25)13-5-7-15(21-9-10-29-2)16(11-13)24(27)28/h5-8,11-12,21H,4,9-10H2,1-3H3,(H,22,25)(H,23,26). The van der Waals surface area contributed by atoms with Gasteiger partial charge in [0, 0.05) is 30.8 Å². The van der Waals surface area contributed by atoms with Crippen LogP contribution in [0.5, 0.6) is 11.5 Å². The Morgan fingerprint density at radius 1 is 1.00 bits per heavy atom. The van der Waals surface area contributed by atoms with Crippen LogP contribution in [0.3, 0.4) is 0 Å². The number of carbonyl (C=O) groups excluding carboxylic acids is 2. The van der Waals surface area contributed by atoms with Gasteiger partial charge in [-0.1, -0.05) is 0 Å². The number of hydrogen-bond donors (Lipinski definition) is 3. The lowest BCUT2D eigenvalue weighted by Gasteiger charge is -2.12. The number of nitrogens with one attached hydrogen (secondary N) is 3. The number of rotatable bonds is 10. The molecular weight excluding hydrogens is 408 g/mol. The fourth-order valence-corrected chi connectivity index (χ4v) is 2.60. The van der Waals surface area contributed by atoms with Gasteiger partial charge < -0.3 is 19.5 Å². The summed E-state index contributed by atoms with van der Waals surface area (Å²) in [5, 5.41) is 14.2. The van der Waals surface area contributed by atoms with Gasteiger partial charge in [0.05, 0.1) is 25.2 Å². The van der Waals surface area contributed by atoms with Gasteiger partial charge in [0.1, 0.15) is 5.69 Å². The minimum Gasteiger partial charge on any atom is -0.493 e. The molecule has 0 unspecified atom stereocenters. The number of hydrogen-bond acceptors (Lipinski definition) is 8. The van der Waals surface area contributed by atoms with Crippen LogP contribution < -0.4 is 25.6 Å². The summed E-state index contributed by atoms with van der Waals surface area (Å²) < 4.78 is 15.5. The van der Waals surface area contributed by atoms with E-state index in [1.807, 2.05) is 6.92 Å². The Hall–Kier alpha value is -3.86. The predicted octanol–water partition coefficient (Wildman–Crippen LogP) is 2.14. The molecule has 11 heteroatoms. The van der Waals surface area contributed by atoms with Crippen molar-refractivity contribution in [3.8, 4) is 11.5 Å². The normalized spacial score (nSPS) is 10.2. The average molecular weight is 432 g/mol. The SMILES string of the molecule is CCOc1ccc(C(=O)NNC(=O)c2ccc(NCCOC)c([N+](=O)[O-])c2)cc1OC. The molecule has 0 saturated heterocycles. The van der Waals surface area contributed by atoms with E-state index in [1.165, 1.54) is 38.5 Å². The van der Waals surface area contributed by atoms with E-state index in [4.69, 9.17) is 14.2 Å². The molecule has 2 amide bonds. The highest BCUT2D eigenvalue weighted by molar-refractivity contribution is 6.00. The lowest BCUT2D eigenvalue weighted by molar-refractivity contribution is -0.384. The fraction of sp³-hybridized carbons (Fsp3) is 0.300. The van der Waals surface area contributed by atoms with E-state index < -0.39 is 16.7 Å². The molecule has 3 N–H and O–H groups in total. The van der Waals surface area contributed by atoms with Crippen molar-refractivity contribution in [2.24, 2.45) is 0 Å². The van der Waals surface area contributed by atoms with Crippen molar-refractivity contribution in [3.63, 3.8) is 0 Å². The number of amides is 2. The Morgan fingerprint density at radius 3 is 2.23 bits per heavy atom. The van der Waals surface area contributed by atoms with Gasteiger partial charge in [-0.25, -0.2) is 0 Å². The second-order valence-electron chi connectivity index (χ2n) is 6.12. The molecule has 0 aliphatic heterocycles. The van der Waals surface area contributed by atoms with Crippen molar-refractivity contribution in [2.75, 3.05) is 39.3 Å². The van der Waals surface area contributed by atoms with Crippen LogP contribution in [-0.4, -0.2) is 50.7 Å². The zero-order valence-electron chi connectivity index (χ0n) is 17.4. The maximum Gasteiger partial charge on any atom is 0.293 e. The van der Waals surface area contributed by atoms with Gasteiger partial charge in [0.15, 0.2) is 11.5 Å². The van der Waals surface area contributed by atoms with Gasteiger partial charge in [0.25, 0.3) is 17.5 Å². The Morgan fingerprint density at radius 2 is 1.65 bits per heavy atom. The Labute approximate surface area is 178 Å². The van der Waals surface area contributed by atoms with Crippen LogP contribution in [0, 0.1) is 10.1 Å². The molecule has 2 aromatic carbocycles. The minimum absolute atomic E-state index is 0.00793. The van der Waals surface area contributed by atoms with Crippen LogP contribution in [0.1, 0.15) is 27.6 Å². The van der Waals surface area contributed by atoms with E-state index in [1.54, 1.807) is 6.07 Å². The molecular formula is C20H24N4O7. The van der Waals surface area contributed by atoms with Crippen LogP contribution >= 0.6 is 0 Å². The Balaban J connectivity index is 2.07. The molecule has 0 atom stereocenters. The lowest BCUT2D eigenvalue weighted by atomic mass is 10.1. The van der Waals surface area contributed by atoms with Crippen LogP contribution in [0.15, 0.2) is 36.4 Å². The number of hydrazine groups is 1. The smallest absolute Gasteiger partial charge is 0.293 e. The maximum atomic E-state index is 12.4. The summed E-state index contributed by atoms with van der Waals surface area (Å²) in [5.41, 5.74) is 4.72. The van der Waals surface area contributed by atoms with E-state index in [-0.39, 0.29) is 22.5 Å². The van der Waals surface area contributed by atoms with Gasteiger partial charge in [-0.05, 0) is 37.3 Å². The Bertz CT molecular complexity index is 949. The highest BCUT2D eigenvalue weighted by Crippen LogP contribution is 2.28. The van der Waals surface area contributed by atoms with Crippen molar-refractivity contribution in [2.45, 2.75) is 6.92 Å². The number of methoxy groups -OCH3 is 2. The topological polar surface area (TPSA) is 141 Å². The van der Waals surface area contributed by atoms with Crippen LogP contribution in [0.25, 0.3) is 0 Å². The van der Waals surface area contributed by atoms with Crippen molar-refractivity contribution in [1.82, 2.24) is 10.9 Å². The zero-order valence-corrected chi connectivity index (χ0v) is 17.4. The number of ether oxygens (including phenoxy) is 3. The van der Waals surface area contributed by atoms with E-state index in [0.717, 1.165) is 6.07 Å². The van der Waals surface area contributed by atoms with Crippen molar-refractivity contribution in [3.05, 3.63) is 57.6 Å². The molecule has 0 aliphatic carbocycles. The summed E-state index contributed by atoms with van der Waals surface area (Å²) >= 11 is 0. The second kappa shape index (κ2) is 11.4. The third kappa shape index (κ3) is 6.31. The first-order chi connectivity index (χ1) is 14.9. The van der Waals surface area contributed by atoms with Crippen LogP contribution in [0.4, 0.5) is 11.4 Å². The van der Waals surface area contributed by atoms with Gasteiger partial charge in [0.2, 0.25) is 0 Å². The summed E-state index contributed by atoms with van der Waals surface area (Å²) in [6.07, 6.45) is 0. The van der Waals surface area contributed by atoms with Crippen LogP contribution in [0.2, 0.25) is 0 Å².